The molecular formula is C11H16N2O3. The fourth-order valence-corrected chi connectivity index (χ4v) is 1.48. The average Bonchev–Trinajstić information content (AvgIpc) is 2.25. The number of aliphatic hydroxyl groups excluding tert-OH is 1. The second-order valence-corrected chi connectivity index (χ2v) is 3.72. The number of carboxylic acid groups (broad SMARTS) is 1. The van der Waals surface area contributed by atoms with Crippen LogP contribution in [0.3, 0.4) is 0 Å². The molecule has 1 aromatic rings. The standard InChI is InChI=1S/C11H16N2O3/c1-8(2)13(5-6-14)9-3-4-10(11(15)16)12-7-9/h3-4,7-8,14H,5-6H2,1-2H3,(H,15,16). The van der Waals surface area contributed by atoms with Crippen LogP contribution in [0.25, 0.3) is 0 Å². The molecular weight excluding hydrogens is 208 g/mol. The molecule has 0 amide bonds. The summed E-state index contributed by atoms with van der Waals surface area (Å²) in [5.74, 6) is -1.04. The van der Waals surface area contributed by atoms with Crippen molar-refractivity contribution >= 4 is 11.7 Å². The maximum Gasteiger partial charge on any atom is 0.354 e. The quantitative estimate of drug-likeness (QED) is 0.780. The van der Waals surface area contributed by atoms with Gasteiger partial charge >= 0.3 is 5.97 Å². The second-order valence-electron chi connectivity index (χ2n) is 3.72. The zero-order valence-corrected chi connectivity index (χ0v) is 9.42. The third kappa shape index (κ3) is 2.93. The molecule has 1 aromatic heterocycles. The fourth-order valence-electron chi connectivity index (χ4n) is 1.48. The number of aromatic carboxylic acids is 1. The molecule has 0 saturated heterocycles. The monoisotopic (exact) mass is 224 g/mol. The molecule has 0 saturated carbocycles. The minimum atomic E-state index is -1.04. The second kappa shape index (κ2) is 5.46. The normalized spacial score (nSPS) is 10.5. The molecule has 5 heteroatoms. The number of rotatable bonds is 5. The lowest BCUT2D eigenvalue weighted by Gasteiger charge is -2.27. The third-order valence-electron chi connectivity index (χ3n) is 2.26. The molecule has 0 aliphatic rings. The first-order chi connectivity index (χ1) is 7.56. The first kappa shape index (κ1) is 12.4. The van der Waals surface area contributed by atoms with Crippen LogP contribution in [-0.2, 0) is 0 Å². The zero-order chi connectivity index (χ0) is 12.1. The molecule has 0 unspecified atom stereocenters. The summed E-state index contributed by atoms with van der Waals surface area (Å²) in [7, 11) is 0. The van der Waals surface area contributed by atoms with E-state index in [0.717, 1.165) is 5.69 Å². The smallest absolute Gasteiger partial charge is 0.354 e. The van der Waals surface area contributed by atoms with Gasteiger partial charge in [-0.25, -0.2) is 9.78 Å². The van der Waals surface area contributed by atoms with Crippen molar-refractivity contribution in [3.8, 4) is 0 Å². The number of nitrogens with zero attached hydrogens (tertiary/aromatic N) is 2. The van der Waals surface area contributed by atoms with Crippen LogP contribution >= 0.6 is 0 Å². The van der Waals surface area contributed by atoms with Crippen molar-refractivity contribution < 1.29 is 15.0 Å². The largest absolute Gasteiger partial charge is 0.477 e. The predicted molar refractivity (Wildman–Crippen MR) is 60.8 cm³/mol. The maximum absolute atomic E-state index is 10.6. The molecule has 16 heavy (non-hydrogen) atoms. The van der Waals surface area contributed by atoms with Gasteiger partial charge in [-0.15, -0.1) is 0 Å². The highest BCUT2D eigenvalue weighted by Gasteiger charge is 2.11. The van der Waals surface area contributed by atoms with Crippen LogP contribution in [-0.4, -0.2) is 40.4 Å². The molecule has 0 spiro atoms. The number of hydrogen-bond donors (Lipinski definition) is 2. The van der Waals surface area contributed by atoms with Crippen molar-refractivity contribution in [3.63, 3.8) is 0 Å². The Morgan fingerprint density at radius 1 is 1.50 bits per heavy atom. The average molecular weight is 224 g/mol. The first-order valence-corrected chi connectivity index (χ1v) is 5.13. The molecule has 2 N–H and O–H groups in total. The summed E-state index contributed by atoms with van der Waals surface area (Å²) in [6.45, 7) is 4.56. The lowest BCUT2D eigenvalue weighted by atomic mass is 10.2. The van der Waals surface area contributed by atoms with E-state index >= 15 is 0 Å². The summed E-state index contributed by atoms with van der Waals surface area (Å²) < 4.78 is 0. The molecule has 0 bridgehead atoms. The van der Waals surface area contributed by atoms with Crippen LogP contribution in [0, 0.1) is 0 Å². The summed E-state index contributed by atoms with van der Waals surface area (Å²) >= 11 is 0. The number of hydrogen-bond acceptors (Lipinski definition) is 4. The van der Waals surface area contributed by atoms with Crippen molar-refractivity contribution in [1.82, 2.24) is 4.98 Å². The zero-order valence-electron chi connectivity index (χ0n) is 9.42. The van der Waals surface area contributed by atoms with E-state index in [1.54, 1.807) is 6.07 Å². The number of carbonyl (C=O) groups is 1. The van der Waals surface area contributed by atoms with E-state index in [0.29, 0.717) is 6.54 Å². The van der Waals surface area contributed by atoms with E-state index in [-0.39, 0.29) is 18.3 Å². The van der Waals surface area contributed by atoms with E-state index in [1.165, 1.54) is 12.3 Å². The number of carboxylic acids is 1. The Bertz CT molecular complexity index is 349. The van der Waals surface area contributed by atoms with Gasteiger partial charge in [0.25, 0.3) is 0 Å². The minimum absolute atomic E-state index is 0.0245. The van der Waals surface area contributed by atoms with Crippen molar-refractivity contribution in [2.45, 2.75) is 19.9 Å². The Labute approximate surface area is 94.4 Å². The van der Waals surface area contributed by atoms with Crippen molar-refractivity contribution in [3.05, 3.63) is 24.0 Å². The van der Waals surface area contributed by atoms with Crippen LogP contribution in [0.2, 0.25) is 0 Å². The lowest BCUT2D eigenvalue weighted by molar-refractivity contribution is 0.0690. The highest BCUT2D eigenvalue weighted by Crippen LogP contribution is 2.15. The Kier molecular flexibility index (Phi) is 4.25. The van der Waals surface area contributed by atoms with Gasteiger partial charge in [-0.05, 0) is 26.0 Å². The molecule has 0 atom stereocenters. The van der Waals surface area contributed by atoms with Crippen LogP contribution in [0.4, 0.5) is 5.69 Å². The van der Waals surface area contributed by atoms with Gasteiger partial charge in [-0.2, -0.15) is 0 Å². The van der Waals surface area contributed by atoms with Gasteiger partial charge in [-0.1, -0.05) is 0 Å². The van der Waals surface area contributed by atoms with E-state index in [4.69, 9.17) is 10.2 Å². The van der Waals surface area contributed by atoms with Gasteiger partial charge in [0, 0.05) is 12.6 Å². The van der Waals surface area contributed by atoms with Crippen LogP contribution < -0.4 is 4.90 Å². The molecule has 0 fully saturated rings. The summed E-state index contributed by atoms with van der Waals surface area (Å²) in [6.07, 6.45) is 1.51. The molecule has 0 aromatic carbocycles. The van der Waals surface area contributed by atoms with Crippen molar-refractivity contribution in [2.75, 3.05) is 18.1 Å². The number of anilines is 1. The fraction of sp³-hybridized carbons (Fsp3) is 0.455. The molecule has 0 aliphatic heterocycles. The Balaban J connectivity index is 2.89. The SMILES string of the molecule is CC(C)N(CCO)c1ccc(C(=O)O)nc1. The highest BCUT2D eigenvalue weighted by molar-refractivity contribution is 5.85. The van der Waals surface area contributed by atoms with E-state index in [1.807, 2.05) is 18.7 Å². The van der Waals surface area contributed by atoms with Gasteiger partial charge in [-0.3, -0.25) is 0 Å². The Hall–Kier alpha value is -1.62. The predicted octanol–water partition coefficient (Wildman–Crippen LogP) is 0.987. The number of aliphatic hydroxyl groups is 1. The number of pyridine rings is 1. The molecule has 1 rings (SSSR count). The molecule has 0 radical (unpaired) electrons. The molecule has 1 heterocycles. The summed E-state index contributed by atoms with van der Waals surface area (Å²) in [4.78, 5) is 16.4. The van der Waals surface area contributed by atoms with Crippen LogP contribution in [0.5, 0.6) is 0 Å². The van der Waals surface area contributed by atoms with Crippen molar-refractivity contribution in [2.24, 2.45) is 0 Å². The van der Waals surface area contributed by atoms with Gasteiger partial charge < -0.3 is 15.1 Å². The van der Waals surface area contributed by atoms with Gasteiger partial charge in [0.05, 0.1) is 18.5 Å². The Morgan fingerprint density at radius 2 is 2.19 bits per heavy atom. The van der Waals surface area contributed by atoms with Crippen LogP contribution in [0.1, 0.15) is 24.3 Å². The van der Waals surface area contributed by atoms with Gasteiger partial charge in [0.1, 0.15) is 5.69 Å². The van der Waals surface area contributed by atoms with E-state index < -0.39 is 5.97 Å². The highest BCUT2D eigenvalue weighted by atomic mass is 16.4. The third-order valence-corrected chi connectivity index (χ3v) is 2.26. The summed E-state index contributed by atoms with van der Waals surface area (Å²) in [5, 5.41) is 17.6. The minimum Gasteiger partial charge on any atom is -0.477 e. The van der Waals surface area contributed by atoms with Gasteiger partial charge in [0.2, 0.25) is 0 Å². The summed E-state index contributed by atoms with van der Waals surface area (Å²) in [5.41, 5.74) is 0.838. The Morgan fingerprint density at radius 3 is 2.56 bits per heavy atom. The van der Waals surface area contributed by atoms with Gasteiger partial charge in [0.15, 0.2) is 0 Å². The molecule has 88 valence electrons. The maximum atomic E-state index is 10.6. The summed E-state index contributed by atoms with van der Waals surface area (Å²) in [6, 6.07) is 3.39. The number of aromatic nitrogens is 1. The molecule has 5 nitrogen and oxygen atoms in total. The molecule has 0 aliphatic carbocycles. The van der Waals surface area contributed by atoms with E-state index in [9.17, 15) is 4.79 Å². The lowest BCUT2D eigenvalue weighted by Crippen LogP contribution is -2.33. The van der Waals surface area contributed by atoms with E-state index in [2.05, 4.69) is 4.98 Å². The first-order valence-electron chi connectivity index (χ1n) is 5.13. The van der Waals surface area contributed by atoms with Crippen LogP contribution in [0.15, 0.2) is 18.3 Å². The topological polar surface area (TPSA) is 73.7 Å². The van der Waals surface area contributed by atoms with Crippen molar-refractivity contribution in [1.29, 1.82) is 0 Å².